The highest BCUT2D eigenvalue weighted by atomic mass is 19.1. The first kappa shape index (κ1) is 17.6. The molecule has 3 unspecified atom stereocenters. The van der Waals surface area contributed by atoms with Crippen LogP contribution in [0, 0.1) is 46.2 Å². The van der Waals surface area contributed by atoms with Gasteiger partial charge in [-0.3, -0.25) is 9.59 Å². The lowest BCUT2D eigenvalue weighted by Crippen LogP contribution is -2.32. The Balaban J connectivity index is 2.12. The number of alkyl halides is 1. The fraction of sp³-hybridized carbons (Fsp3) is 0.500. The number of nitriles is 2. The lowest BCUT2D eigenvalue weighted by molar-refractivity contribution is -0.121. The number of halogens is 2. The summed E-state index contributed by atoms with van der Waals surface area (Å²) in [6.07, 6.45) is 2.34. The van der Waals surface area contributed by atoms with Gasteiger partial charge < -0.3 is 9.88 Å². The smallest absolute Gasteiger partial charge is 0.286 e. The summed E-state index contributed by atoms with van der Waals surface area (Å²) in [5.74, 6) is -2.86. The van der Waals surface area contributed by atoms with Crippen molar-refractivity contribution in [2.24, 2.45) is 17.8 Å². The number of amides is 1. The Morgan fingerprint density at radius 3 is 2.67 bits per heavy atom. The number of pyridine rings is 1. The predicted molar refractivity (Wildman–Crippen MR) is 80.8 cm³/mol. The second-order valence-electron chi connectivity index (χ2n) is 5.73. The Labute approximate surface area is 137 Å². The first-order valence-corrected chi connectivity index (χ1v) is 7.56. The molecule has 0 spiro atoms. The Bertz CT molecular complexity index is 763. The van der Waals surface area contributed by atoms with E-state index in [1.807, 2.05) is 6.07 Å². The standard InChI is InChI=1S/C16H16F2N4O2/c17-3-4-22-9-13(6-14(18)16(22)24)21-15(23)10-1-2-11(7-19)12(5-10)8-20/h6,9-12H,1-5H2,(H,21,23). The molecule has 1 aliphatic rings. The largest absolute Gasteiger partial charge is 0.324 e. The Morgan fingerprint density at radius 2 is 2.04 bits per heavy atom. The molecule has 1 N–H and O–H groups in total. The first-order chi connectivity index (χ1) is 11.5. The van der Waals surface area contributed by atoms with Crippen LogP contribution in [0.25, 0.3) is 0 Å². The van der Waals surface area contributed by atoms with E-state index in [1.165, 1.54) is 6.20 Å². The molecule has 0 aliphatic heterocycles. The molecule has 6 nitrogen and oxygen atoms in total. The minimum absolute atomic E-state index is 0.0569. The summed E-state index contributed by atoms with van der Waals surface area (Å²) < 4.78 is 26.8. The Hall–Kier alpha value is -2.74. The van der Waals surface area contributed by atoms with Crippen molar-refractivity contribution in [1.29, 1.82) is 10.5 Å². The van der Waals surface area contributed by atoms with Crippen molar-refractivity contribution in [3.05, 3.63) is 28.4 Å². The number of aromatic nitrogens is 1. The van der Waals surface area contributed by atoms with Crippen LogP contribution in [0.4, 0.5) is 14.5 Å². The van der Waals surface area contributed by atoms with Crippen molar-refractivity contribution in [2.75, 3.05) is 12.0 Å². The molecule has 2 rings (SSSR count). The van der Waals surface area contributed by atoms with Crippen LogP contribution in [0.5, 0.6) is 0 Å². The van der Waals surface area contributed by atoms with Gasteiger partial charge in [0.2, 0.25) is 5.91 Å². The lowest BCUT2D eigenvalue weighted by atomic mass is 9.75. The number of nitrogens with zero attached hydrogens (tertiary/aromatic N) is 3. The van der Waals surface area contributed by atoms with Gasteiger partial charge in [0.05, 0.1) is 36.2 Å². The first-order valence-electron chi connectivity index (χ1n) is 7.56. The van der Waals surface area contributed by atoms with E-state index in [0.29, 0.717) is 12.8 Å². The van der Waals surface area contributed by atoms with Crippen LogP contribution >= 0.6 is 0 Å². The van der Waals surface area contributed by atoms with Gasteiger partial charge in [-0.05, 0) is 19.3 Å². The van der Waals surface area contributed by atoms with Crippen molar-refractivity contribution >= 4 is 11.6 Å². The highest BCUT2D eigenvalue weighted by Crippen LogP contribution is 2.33. The Kier molecular flexibility index (Phi) is 5.64. The summed E-state index contributed by atoms with van der Waals surface area (Å²) in [5.41, 5.74) is -0.897. The maximum atomic E-state index is 13.6. The quantitative estimate of drug-likeness (QED) is 0.910. The average molecular weight is 334 g/mol. The number of nitrogens with one attached hydrogen (secondary N) is 1. The van der Waals surface area contributed by atoms with Crippen molar-refractivity contribution in [2.45, 2.75) is 25.8 Å². The summed E-state index contributed by atoms with van der Waals surface area (Å²) in [5, 5.41) is 20.6. The molecule has 1 fully saturated rings. The molecular weight excluding hydrogens is 318 g/mol. The van der Waals surface area contributed by atoms with E-state index in [2.05, 4.69) is 11.4 Å². The summed E-state index contributed by atoms with van der Waals surface area (Å²) in [4.78, 5) is 23.8. The molecule has 3 atom stereocenters. The molecule has 1 heterocycles. The zero-order chi connectivity index (χ0) is 17.7. The monoisotopic (exact) mass is 334 g/mol. The van der Waals surface area contributed by atoms with Crippen molar-refractivity contribution in [1.82, 2.24) is 4.57 Å². The number of rotatable bonds is 4. The molecule has 0 radical (unpaired) electrons. The number of hydrogen-bond donors (Lipinski definition) is 1. The van der Waals surface area contributed by atoms with Gasteiger partial charge in [0.1, 0.15) is 6.67 Å². The van der Waals surface area contributed by atoms with Gasteiger partial charge in [0, 0.05) is 18.2 Å². The van der Waals surface area contributed by atoms with Gasteiger partial charge in [-0.15, -0.1) is 0 Å². The highest BCUT2D eigenvalue weighted by Gasteiger charge is 2.34. The van der Waals surface area contributed by atoms with Crippen LogP contribution in [0.3, 0.4) is 0 Å². The fourth-order valence-electron chi connectivity index (χ4n) is 2.87. The second-order valence-corrected chi connectivity index (χ2v) is 5.73. The van der Waals surface area contributed by atoms with Crippen LogP contribution in [0.15, 0.2) is 17.1 Å². The Morgan fingerprint density at radius 1 is 1.33 bits per heavy atom. The molecule has 1 aliphatic carbocycles. The molecule has 0 bridgehead atoms. The second kappa shape index (κ2) is 7.69. The summed E-state index contributed by atoms with van der Waals surface area (Å²) in [6, 6.07) is 5.00. The number of carbonyl (C=O) groups is 1. The van der Waals surface area contributed by atoms with Gasteiger partial charge in [0.25, 0.3) is 5.56 Å². The topological polar surface area (TPSA) is 98.7 Å². The molecule has 0 saturated heterocycles. The number of anilines is 1. The van der Waals surface area contributed by atoms with Crippen molar-refractivity contribution in [3.63, 3.8) is 0 Å². The zero-order valence-corrected chi connectivity index (χ0v) is 12.8. The molecular formula is C16H16F2N4O2. The number of hydrogen-bond acceptors (Lipinski definition) is 4. The fourth-order valence-corrected chi connectivity index (χ4v) is 2.87. The molecule has 8 heteroatoms. The van der Waals surface area contributed by atoms with E-state index < -0.39 is 35.8 Å². The summed E-state index contributed by atoms with van der Waals surface area (Å²) >= 11 is 0. The van der Waals surface area contributed by atoms with E-state index in [4.69, 9.17) is 10.5 Å². The highest BCUT2D eigenvalue weighted by molar-refractivity contribution is 5.92. The van der Waals surface area contributed by atoms with Crippen LogP contribution in [-0.4, -0.2) is 17.1 Å². The molecule has 1 aromatic heterocycles. The van der Waals surface area contributed by atoms with Crippen LogP contribution in [-0.2, 0) is 11.3 Å². The SMILES string of the molecule is N#CC1CCC(C(=O)Nc2cc(F)c(=O)n(CCF)c2)CC1C#N. The van der Waals surface area contributed by atoms with E-state index >= 15 is 0 Å². The molecule has 126 valence electrons. The van der Waals surface area contributed by atoms with Crippen molar-refractivity contribution < 1.29 is 13.6 Å². The van der Waals surface area contributed by atoms with Crippen LogP contribution < -0.4 is 10.9 Å². The number of carbonyl (C=O) groups excluding carboxylic acids is 1. The maximum absolute atomic E-state index is 13.6. The third-order valence-electron chi connectivity index (χ3n) is 4.19. The predicted octanol–water partition coefficient (Wildman–Crippen LogP) is 1.98. The molecule has 0 aromatic carbocycles. The van der Waals surface area contributed by atoms with Crippen molar-refractivity contribution in [3.8, 4) is 12.1 Å². The van der Waals surface area contributed by atoms with Crippen LogP contribution in [0.1, 0.15) is 19.3 Å². The molecule has 1 aromatic rings. The average Bonchev–Trinajstić information content (AvgIpc) is 2.58. The summed E-state index contributed by atoms with van der Waals surface area (Å²) in [7, 11) is 0. The van der Waals surface area contributed by atoms with Crippen LogP contribution in [0.2, 0.25) is 0 Å². The third-order valence-corrected chi connectivity index (χ3v) is 4.19. The third kappa shape index (κ3) is 3.77. The van der Waals surface area contributed by atoms with E-state index in [0.717, 1.165) is 10.6 Å². The summed E-state index contributed by atoms with van der Waals surface area (Å²) in [6.45, 7) is -1.14. The van der Waals surface area contributed by atoms with E-state index in [1.54, 1.807) is 0 Å². The minimum Gasteiger partial charge on any atom is -0.324 e. The van der Waals surface area contributed by atoms with E-state index in [-0.39, 0.29) is 24.6 Å². The van der Waals surface area contributed by atoms with E-state index in [9.17, 15) is 18.4 Å². The maximum Gasteiger partial charge on any atom is 0.286 e. The van der Waals surface area contributed by atoms with Gasteiger partial charge >= 0.3 is 0 Å². The lowest BCUT2D eigenvalue weighted by Gasteiger charge is -2.27. The van der Waals surface area contributed by atoms with Gasteiger partial charge in [-0.2, -0.15) is 10.5 Å². The van der Waals surface area contributed by atoms with Gasteiger partial charge in [-0.1, -0.05) is 0 Å². The van der Waals surface area contributed by atoms with Gasteiger partial charge in [-0.25, -0.2) is 8.78 Å². The zero-order valence-electron chi connectivity index (χ0n) is 12.8. The van der Waals surface area contributed by atoms with Gasteiger partial charge in [0.15, 0.2) is 5.82 Å². The molecule has 1 amide bonds. The minimum atomic E-state index is -1.08. The normalized spacial score (nSPS) is 23.1. The molecule has 1 saturated carbocycles. The number of aryl methyl sites for hydroxylation is 1. The molecule has 24 heavy (non-hydrogen) atoms.